The number of ether oxygens (including phenoxy) is 2. The number of alkyl halides is 3. The highest BCUT2D eigenvalue weighted by atomic mass is 19.4. The summed E-state index contributed by atoms with van der Waals surface area (Å²) in [6.45, 7) is -0.0211. The Bertz CT molecular complexity index is 1220. The maximum atomic E-state index is 13.2. The largest absolute Gasteiger partial charge is 0.467 e. The average Bonchev–Trinajstić information content (AvgIpc) is 2.91. The van der Waals surface area contributed by atoms with Gasteiger partial charge in [-0.25, -0.2) is 9.59 Å². The number of alkyl carbamates (subject to hydrolysis) is 1. The summed E-state index contributed by atoms with van der Waals surface area (Å²) < 4.78 is 49.4. The van der Waals surface area contributed by atoms with Crippen LogP contribution in [0, 0.1) is 0 Å². The first-order valence-corrected chi connectivity index (χ1v) is 11.7. The van der Waals surface area contributed by atoms with E-state index < -0.39 is 41.8 Å². The second-order valence-corrected chi connectivity index (χ2v) is 8.43. The SMILES string of the molecule is COC(=O)[C@@H](Cc1cccc(C(F)(F)F)c1)NC(=O)[C@@H](Cc1ccccc1)NC(=O)OCc1ccccc1. The van der Waals surface area contributed by atoms with E-state index in [9.17, 15) is 27.6 Å². The zero-order valence-corrected chi connectivity index (χ0v) is 20.5. The van der Waals surface area contributed by atoms with Gasteiger partial charge in [0.2, 0.25) is 5.91 Å². The molecule has 2 atom stereocenters. The van der Waals surface area contributed by atoms with Crippen LogP contribution in [0.2, 0.25) is 0 Å². The highest BCUT2D eigenvalue weighted by Gasteiger charge is 2.32. The summed E-state index contributed by atoms with van der Waals surface area (Å²) in [7, 11) is 1.11. The highest BCUT2D eigenvalue weighted by molar-refractivity contribution is 5.90. The van der Waals surface area contributed by atoms with Crippen LogP contribution >= 0.6 is 0 Å². The molecule has 0 aliphatic rings. The Labute approximate surface area is 218 Å². The van der Waals surface area contributed by atoms with Crippen LogP contribution in [0.25, 0.3) is 0 Å². The number of carbonyl (C=O) groups excluding carboxylic acids is 3. The molecule has 0 aliphatic heterocycles. The third-order valence-electron chi connectivity index (χ3n) is 5.60. The van der Waals surface area contributed by atoms with Gasteiger partial charge in [-0.2, -0.15) is 13.2 Å². The molecule has 0 saturated heterocycles. The van der Waals surface area contributed by atoms with Gasteiger partial charge in [-0.1, -0.05) is 78.9 Å². The van der Waals surface area contributed by atoms with Gasteiger partial charge in [0.25, 0.3) is 0 Å². The van der Waals surface area contributed by atoms with Crippen LogP contribution in [0.3, 0.4) is 0 Å². The van der Waals surface area contributed by atoms with E-state index in [-0.39, 0.29) is 25.0 Å². The Morgan fingerprint density at radius 1 is 0.763 bits per heavy atom. The zero-order chi connectivity index (χ0) is 27.5. The van der Waals surface area contributed by atoms with Crippen LogP contribution in [0.4, 0.5) is 18.0 Å². The standard InChI is InChI=1S/C28H27F3N2O5/c1-37-26(35)24(17-21-13-8-14-22(15-21)28(29,30)31)32-25(34)23(16-19-9-4-2-5-10-19)33-27(36)38-18-20-11-6-3-7-12-20/h2-15,23-24H,16-18H2,1H3,(H,32,34)(H,33,36)/t23-,24-/m1/s1. The van der Waals surface area contributed by atoms with Crippen LogP contribution in [0.15, 0.2) is 84.9 Å². The van der Waals surface area contributed by atoms with Gasteiger partial charge in [0.05, 0.1) is 12.7 Å². The lowest BCUT2D eigenvalue weighted by molar-refractivity contribution is -0.145. The van der Waals surface area contributed by atoms with Gasteiger partial charge in [0, 0.05) is 12.8 Å². The number of benzene rings is 3. The van der Waals surface area contributed by atoms with E-state index >= 15 is 0 Å². The van der Waals surface area contributed by atoms with Crippen molar-refractivity contribution in [3.05, 3.63) is 107 Å². The number of halogens is 3. The van der Waals surface area contributed by atoms with Crippen LogP contribution in [0.5, 0.6) is 0 Å². The van der Waals surface area contributed by atoms with E-state index in [4.69, 9.17) is 9.47 Å². The third kappa shape index (κ3) is 8.65. The van der Waals surface area contributed by atoms with E-state index in [0.717, 1.165) is 30.4 Å². The van der Waals surface area contributed by atoms with Crippen LogP contribution in [0.1, 0.15) is 22.3 Å². The van der Waals surface area contributed by atoms with Crippen molar-refractivity contribution in [3.8, 4) is 0 Å². The van der Waals surface area contributed by atoms with Crippen molar-refractivity contribution < 1.29 is 37.0 Å². The molecule has 0 radical (unpaired) electrons. The summed E-state index contributed by atoms with van der Waals surface area (Å²) in [4.78, 5) is 38.2. The minimum absolute atomic E-state index is 0.0211. The van der Waals surface area contributed by atoms with Crippen molar-refractivity contribution in [3.63, 3.8) is 0 Å². The van der Waals surface area contributed by atoms with E-state index in [1.807, 2.05) is 6.07 Å². The van der Waals surface area contributed by atoms with Crippen molar-refractivity contribution in [2.45, 2.75) is 37.7 Å². The number of methoxy groups -OCH3 is 1. The fourth-order valence-electron chi connectivity index (χ4n) is 3.68. The molecule has 3 rings (SSSR count). The number of carbonyl (C=O) groups is 3. The van der Waals surface area contributed by atoms with Crippen LogP contribution in [-0.2, 0) is 44.7 Å². The van der Waals surface area contributed by atoms with Crippen molar-refractivity contribution in [2.24, 2.45) is 0 Å². The number of rotatable bonds is 10. The molecule has 0 unspecified atom stereocenters. The van der Waals surface area contributed by atoms with Crippen molar-refractivity contribution >= 4 is 18.0 Å². The lowest BCUT2D eigenvalue weighted by Gasteiger charge is -2.22. The molecule has 0 aliphatic carbocycles. The molecule has 3 aromatic carbocycles. The van der Waals surface area contributed by atoms with Gasteiger partial charge >= 0.3 is 18.2 Å². The molecule has 0 fully saturated rings. The number of amides is 2. The molecule has 2 amide bonds. The summed E-state index contributed by atoms with van der Waals surface area (Å²) in [5.74, 6) is -1.58. The van der Waals surface area contributed by atoms with Gasteiger partial charge < -0.3 is 20.1 Å². The van der Waals surface area contributed by atoms with Gasteiger partial charge in [-0.3, -0.25) is 4.79 Å². The lowest BCUT2D eigenvalue weighted by atomic mass is 10.0. The summed E-state index contributed by atoms with van der Waals surface area (Å²) >= 11 is 0. The molecular formula is C28H27F3N2O5. The Kier molecular flexibility index (Phi) is 9.86. The first-order valence-electron chi connectivity index (χ1n) is 11.7. The summed E-state index contributed by atoms with van der Waals surface area (Å²) in [5, 5.41) is 5.03. The molecule has 0 heterocycles. The van der Waals surface area contributed by atoms with Gasteiger partial charge in [-0.05, 0) is 22.8 Å². The number of esters is 1. The topological polar surface area (TPSA) is 93.7 Å². The Balaban J connectivity index is 1.75. The number of hydrogen-bond donors (Lipinski definition) is 2. The first-order chi connectivity index (χ1) is 18.2. The van der Waals surface area contributed by atoms with Gasteiger partial charge in [0.1, 0.15) is 18.7 Å². The minimum Gasteiger partial charge on any atom is -0.467 e. The molecule has 0 spiro atoms. The average molecular weight is 529 g/mol. The van der Waals surface area contributed by atoms with Gasteiger partial charge in [-0.15, -0.1) is 0 Å². The Morgan fingerprint density at radius 2 is 1.34 bits per heavy atom. The van der Waals surface area contributed by atoms with Gasteiger partial charge in [0.15, 0.2) is 0 Å². The normalized spacial score (nSPS) is 12.6. The quantitative estimate of drug-likeness (QED) is 0.380. The minimum atomic E-state index is -4.56. The maximum absolute atomic E-state index is 13.2. The van der Waals surface area contributed by atoms with E-state index in [2.05, 4.69) is 10.6 Å². The zero-order valence-electron chi connectivity index (χ0n) is 20.5. The fourth-order valence-corrected chi connectivity index (χ4v) is 3.68. The second-order valence-electron chi connectivity index (χ2n) is 8.43. The monoisotopic (exact) mass is 528 g/mol. The lowest BCUT2D eigenvalue weighted by Crippen LogP contribution is -2.53. The molecule has 10 heteroatoms. The number of nitrogens with one attached hydrogen (secondary N) is 2. The molecule has 38 heavy (non-hydrogen) atoms. The number of hydrogen-bond acceptors (Lipinski definition) is 5. The maximum Gasteiger partial charge on any atom is 0.416 e. The van der Waals surface area contributed by atoms with Crippen molar-refractivity contribution in [1.29, 1.82) is 0 Å². The molecule has 0 aromatic heterocycles. The predicted molar refractivity (Wildman–Crippen MR) is 133 cm³/mol. The molecule has 2 N–H and O–H groups in total. The predicted octanol–water partition coefficient (Wildman–Crippen LogP) is 4.44. The summed E-state index contributed by atoms with van der Waals surface area (Å²) in [6.07, 6.45) is -5.59. The second kappa shape index (κ2) is 13.3. The fraction of sp³-hybridized carbons (Fsp3) is 0.250. The molecule has 3 aromatic rings. The van der Waals surface area contributed by atoms with E-state index in [1.165, 1.54) is 12.1 Å². The smallest absolute Gasteiger partial charge is 0.416 e. The molecule has 0 saturated carbocycles. The summed E-state index contributed by atoms with van der Waals surface area (Å²) in [6, 6.07) is 19.8. The van der Waals surface area contributed by atoms with Crippen LogP contribution in [-0.4, -0.2) is 37.2 Å². The molecule has 200 valence electrons. The Hall–Kier alpha value is -4.34. The Morgan fingerprint density at radius 3 is 1.95 bits per heavy atom. The molecule has 0 bridgehead atoms. The third-order valence-corrected chi connectivity index (χ3v) is 5.60. The highest BCUT2D eigenvalue weighted by Crippen LogP contribution is 2.29. The molecule has 7 nitrogen and oxygen atoms in total. The van der Waals surface area contributed by atoms with Crippen LogP contribution < -0.4 is 10.6 Å². The summed E-state index contributed by atoms with van der Waals surface area (Å²) in [5.41, 5.74) is 0.766. The first kappa shape index (κ1) is 28.2. The van der Waals surface area contributed by atoms with E-state index in [0.29, 0.717) is 0 Å². The van der Waals surface area contributed by atoms with E-state index in [1.54, 1.807) is 54.6 Å². The van der Waals surface area contributed by atoms with Crippen molar-refractivity contribution in [2.75, 3.05) is 7.11 Å². The van der Waals surface area contributed by atoms with Crippen molar-refractivity contribution in [1.82, 2.24) is 10.6 Å². The molecular weight excluding hydrogens is 501 g/mol.